The van der Waals surface area contributed by atoms with Crippen LogP contribution in [0.15, 0.2) is 90.1 Å². The average molecular weight is 401 g/mol. The second-order valence-corrected chi connectivity index (χ2v) is 8.26. The van der Waals surface area contributed by atoms with E-state index < -0.39 is 0 Å². The molecular formula is C22H16N4S2. The van der Waals surface area contributed by atoms with Crippen molar-refractivity contribution in [3.63, 3.8) is 0 Å². The predicted octanol–water partition coefficient (Wildman–Crippen LogP) is 5.84. The van der Waals surface area contributed by atoms with Crippen molar-refractivity contribution in [3.05, 3.63) is 89.9 Å². The summed E-state index contributed by atoms with van der Waals surface area (Å²) in [5.74, 6) is 1.61. The molecule has 0 spiro atoms. The van der Waals surface area contributed by atoms with E-state index in [1.54, 1.807) is 23.1 Å². The molecule has 0 radical (unpaired) electrons. The van der Waals surface area contributed by atoms with Gasteiger partial charge in [0.05, 0.1) is 16.0 Å². The maximum atomic E-state index is 4.74. The fourth-order valence-corrected chi connectivity index (χ4v) is 4.97. The standard InChI is InChI=1S/C22H16N4S2/c1-3-9-16(10-4-1)21-24-25-22(26(21)17-11-5-2-6-12-17)27-15-20-23-18-13-7-8-14-19(18)28-20/h1-14H,15H2. The number of thiazole rings is 1. The van der Waals surface area contributed by atoms with Crippen LogP contribution in [0.25, 0.3) is 27.3 Å². The predicted molar refractivity (Wildman–Crippen MR) is 116 cm³/mol. The molecule has 0 aliphatic carbocycles. The Morgan fingerprint density at radius 3 is 2.29 bits per heavy atom. The third-order valence-corrected chi connectivity index (χ3v) is 6.50. The minimum absolute atomic E-state index is 0.763. The summed E-state index contributed by atoms with van der Waals surface area (Å²) in [5, 5.41) is 10.9. The first kappa shape index (κ1) is 17.2. The second-order valence-electron chi connectivity index (χ2n) is 6.21. The fraction of sp³-hybridized carbons (Fsp3) is 0.0455. The normalized spacial score (nSPS) is 11.1. The summed E-state index contributed by atoms with van der Waals surface area (Å²) < 4.78 is 3.33. The Labute approximate surface area is 170 Å². The van der Waals surface area contributed by atoms with Crippen molar-refractivity contribution in [3.8, 4) is 17.1 Å². The van der Waals surface area contributed by atoms with Gasteiger partial charge in [0.1, 0.15) is 5.01 Å². The number of hydrogen-bond acceptors (Lipinski definition) is 5. The van der Waals surface area contributed by atoms with Crippen molar-refractivity contribution in [1.29, 1.82) is 0 Å². The van der Waals surface area contributed by atoms with E-state index in [2.05, 4.69) is 57.2 Å². The summed E-state index contributed by atoms with van der Waals surface area (Å²) in [6.07, 6.45) is 0. The van der Waals surface area contributed by atoms with Crippen molar-refractivity contribution in [1.82, 2.24) is 19.7 Å². The Morgan fingerprint density at radius 2 is 1.50 bits per heavy atom. The van der Waals surface area contributed by atoms with E-state index in [-0.39, 0.29) is 0 Å². The molecule has 0 N–H and O–H groups in total. The Balaban J connectivity index is 1.51. The smallest absolute Gasteiger partial charge is 0.196 e. The molecule has 5 rings (SSSR count). The van der Waals surface area contributed by atoms with Gasteiger partial charge in [-0.1, -0.05) is 72.4 Å². The molecule has 2 heterocycles. The van der Waals surface area contributed by atoms with Gasteiger partial charge in [0, 0.05) is 11.3 Å². The summed E-state index contributed by atoms with van der Waals surface area (Å²) in [7, 11) is 0. The van der Waals surface area contributed by atoms with E-state index >= 15 is 0 Å². The van der Waals surface area contributed by atoms with Gasteiger partial charge in [-0.2, -0.15) is 0 Å². The van der Waals surface area contributed by atoms with Gasteiger partial charge >= 0.3 is 0 Å². The molecule has 0 atom stereocenters. The molecule has 6 heteroatoms. The highest BCUT2D eigenvalue weighted by Crippen LogP contribution is 2.31. The highest BCUT2D eigenvalue weighted by Gasteiger charge is 2.16. The van der Waals surface area contributed by atoms with E-state index in [4.69, 9.17) is 4.98 Å². The Kier molecular flexibility index (Phi) is 4.64. The topological polar surface area (TPSA) is 43.6 Å². The van der Waals surface area contributed by atoms with Gasteiger partial charge in [-0.3, -0.25) is 4.57 Å². The summed E-state index contributed by atoms with van der Waals surface area (Å²) in [4.78, 5) is 4.74. The summed E-state index contributed by atoms with van der Waals surface area (Å²) in [6.45, 7) is 0. The molecule has 4 nitrogen and oxygen atoms in total. The lowest BCUT2D eigenvalue weighted by molar-refractivity contribution is 0.886. The van der Waals surface area contributed by atoms with Crippen molar-refractivity contribution in [2.75, 3.05) is 0 Å². The highest BCUT2D eigenvalue weighted by atomic mass is 32.2. The van der Waals surface area contributed by atoms with Gasteiger partial charge in [0.25, 0.3) is 0 Å². The van der Waals surface area contributed by atoms with Crippen molar-refractivity contribution < 1.29 is 0 Å². The molecule has 5 aromatic rings. The van der Waals surface area contributed by atoms with E-state index in [1.165, 1.54) is 4.70 Å². The summed E-state index contributed by atoms with van der Waals surface area (Å²) in [5.41, 5.74) is 3.15. The number of hydrogen-bond donors (Lipinski definition) is 0. The molecule has 2 aromatic heterocycles. The number of thioether (sulfide) groups is 1. The van der Waals surface area contributed by atoms with Crippen molar-refractivity contribution in [2.45, 2.75) is 10.9 Å². The first-order valence-electron chi connectivity index (χ1n) is 8.92. The Morgan fingerprint density at radius 1 is 0.786 bits per heavy atom. The van der Waals surface area contributed by atoms with Crippen LogP contribution >= 0.6 is 23.1 Å². The van der Waals surface area contributed by atoms with Crippen LogP contribution in [0, 0.1) is 0 Å². The van der Waals surface area contributed by atoms with Crippen LogP contribution in [0.5, 0.6) is 0 Å². The van der Waals surface area contributed by atoms with Gasteiger partial charge in [-0.05, 0) is 24.3 Å². The molecule has 0 aliphatic heterocycles. The number of fused-ring (bicyclic) bond motifs is 1. The van der Waals surface area contributed by atoms with E-state index in [0.717, 1.165) is 38.5 Å². The molecule has 0 aliphatic rings. The lowest BCUT2D eigenvalue weighted by atomic mass is 10.2. The number of aromatic nitrogens is 4. The summed E-state index contributed by atoms with van der Waals surface area (Å²) in [6, 6.07) is 28.7. The molecule has 0 saturated heterocycles. The molecule has 0 unspecified atom stereocenters. The first-order chi connectivity index (χ1) is 13.9. The maximum Gasteiger partial charge on any atom is 0.196 e. The van der Waals surface area contributed by atoms with Crippen LogP contribution in [-0.4, -0.2) is 19.7 Å². The number of nitrogens with zero attached hydrogens (tertiary/aromatic N) is 4. The third kappa shape index (κ3) is 3.32. The highest BCUT2D eigenvalue weighted by molar-refractivity contribution is 7.98. The molecule has 0 bridgehead atoms. The Bertz CT molecular complexity index is 1180. The van der Waals surface area contributed by atoms with Gasteiger partial charge < -0.3 is 0 Å². The largest absolute Gasteiger partial charge is 0.270 e. The molecule has 0 fully saturated rings. The minimum atomic E-state index is 0.763. The van der Waals surface area contributed by atoms with Gasteiger partial charge in [0.15, 0.2) is 11.0 Å². The lowest BCUT2D eigenvalue weighted by Crippen LogP contribution is -1.99. The molecular weight excluding hydrogens is 384 g/mol. The van der Waals surface area contributed by atoms with E-state index in [1.807, 2.05) is 42.5 Å². The van der Waals surface area contributed by atoms with Crippen LogP contribution < -0.4 is 0 Å². The van der Waals surface area contributed by atoms with Gasteiger partial charge in [-0.15, -0.1) is 21.5 Å². The molecule has 3 aromatic carbocycles. The van der Waals surface area contributed by atoms with E-state index in [0.29, 0.717) is 0 Å². The maximum absolute atomic E-state index is 4.74. The second kappa shape index (κ2) is 7.58. The SMILES string of the molecule is c1ccc(-c2nnc(SCc3nc4ccccc4s3)n2-c2ccccc2)cc1. The van der Waals surface area contributed by atoms with Crippen LogP contribution in [0.2, 0.25) is 0 Å². The van der Waals surface area contributed by atoms with Crippen molar-refractivity contribution in [2.24, 2.45) is 0 Å². The zero-order chi connectivity index (χ0) is 18.8. The third-order valence-electron chi connectivity index (χ3n) is 4.34. The van der Waals surface area contributed by atoms with Crippen LogP contribution in [0.1, 0.15) is 5.01 Å². The molecule has 28 heavy (non-hydrogen) atoms. The monoisotopic (exact) mass is 400 g/mol. The summed E-state index contributed by atoms with van der Waals surface area (Å²) >= 11 is 3.39. The number of benzene rings is 3. The zero-order valence-electron chi connectivity index (χ0n) is 14.9. The van der Waals surface area contributed by atoms with Crippen LogP contribution in [-0.2, 0) is 5.75 Å². The zero-order valence-corrected chi connectivity index (χ0v) is 16.5. The molecule has 0 saturated carbocycles. The van der Waals surface area contributed by atoms with Gasteiger partial charge in [0.2, 0.25) is 0 Å². The minimum Gasteiger partial charge on any atom is -0.270 e. The quantitative estimate of drug-likeness (QED) is 0.348. The number of para-hydroxylation sites is 2. The van der Waals surface area contributed by atoms with Crippen molar-refractivity contribution >= 4 is 33.3 Å². The first-order valence-corrected chi connectivity index (χ1v) is 10.7. The van der Waals surface area contributed by atoms with Gasteiger partial charge in [-0.25, -0.2) is 4.98 Å². The van der Waals surface area contributed by atoms with Crippen LogP contribution in [0.4, 0.5) is 0 Å². The fourth-order valence-electron chi connectivity index (χ4n) is 3.06. The average Bonchev–Trinajstić information content (AvgIpc) is 3.37. The van der Waals surface area contributed by atoms with E-state index in [9.17, 15) is 0 Å². The molecule has 136 valence electrons. The Hall–Kier alpha value is -2.96. The number of rotatable bonds is 5. The molecule has 0 amide bonds. The lowest BCUT2D eigenvalue weighted by Gasteiger charge is -2.09. The van der Waals surface area contributed by atoms with Crippen LogP contribution in [0.3, 0.4) is 0 Å².